The summed E-state index contributed by atoms with van der Waals surface area (Å²) in [7, 11) is 1.32. The van der Waals surface area contributed by atoms with E-state index in [1.54, 1.807) is 29.7 Å². The van der Waals surface area contributed by atoms with Gasteiger partial charge in [0, 0.05) is 5.69 Å². The van der Waals surface area contributed by atoms with E-state index in [2.05, 4.69) is 10.3 Å². The predicted octanol–water partition coefficient (Wildman–Crippen LogP) is 3.73. The van der Waals surface area contributed by atoms with Gasteiger partial charge in [-0.3, -0.25) is 14.2 Å². The molecule has 1 N–H and O–H groups in total. The monoisotopic (exact) mass is 553 g/mol. The molecule has 1 aliphatic rings. The maximum absolute atomic E-state index is 13.6. The molecule has 1 aromatic heterocycles. The summed E-state index contributed by atoms with van der Waals surface area (Å²) in [6.07, 6.45) is 1.78. The van der Waals surface area contributed by atoms with Crippen molar-refractivity contribution in [3.05, 3.63) is 127 Å². The molecule has 1 unspecified atom stereocenters. The van der Waals surface area contributed by atoms with Gasteiger partial charge in [-0.1, -0.05) is 72.0 Å². The number of para-hydroxylation sites is 1. The van der Waals surface area contributed by atoms with E-state index in [9.17, 15) is 14.4 Å². The smallest absolute Gasteiger partial charge is 0.338 e. The molecule has 40 heavy (non-hydrogen) atoms. The Morgan fingerprint density at radius 1 is 1.00 bits per heavy atom. The number of esters is 1. The topological polar surface area (TPSA) is 99.0 Å². The largest absolute Gasteiger partial charge is 0.484 e. The number of methoxy groups -OCH3 is 1. The van der Waals surface area contributed by atoms with Crippen LogP contribution in [-0.2, 0) is 14.3 Å². The van der Waals surface area contributed by atoms with Crippen LogP contribution in [0.3, 0.4) is 0 Å². The van der Waals surface area contributed by atoms with E-state index in [0.29, 0.717) is 26.4 Å². The zero-order valence-corrected chi connectivity index (χ0v) is 23.0. The average molecular weight is 554 g/mol. The number of anilines is 1. The summed E-state index contributed by atoms with van der Waals surface area (Å²) < 4.78 is 12.7. The molecular weight excluding hydrogens is 526 g/mol. The Morgan fingerprint density at radius 3 is 2.40 bits per heavy atom. The van der Waals surface area contributed by atoms with Crippen molar-refractivity contribution in [2.24, 2.45) is 4.99 Å². The Bertz CT molecular complexity index is 1790. The van der Waals surface area contributed by atoms with Crippen LogP contribution < -0.4 is 24.9 Å². The number of fused-ring (bicyclic) bond motifs is 1. The third kappa shape index (κ3) is 5.50. The van der Waals surface area contributed by atoms with Crippen molar-refractivity contribution in [2.75, 3.05) is 19.0 Å². The number of hydrogen-bond donors (Lipinski definition) is 1. The molecule has 0 fully saturated rings. The minimum absolute atomic E-state index is 0.131. The number of rotatable bonds is 7. The highest BCUT2D eigenvalue weighted by atomic mass is 32.1. The molecule has 5 rings (SSSR count). The Labute approximate surface area is 234 Å². The Morgan fingerprint density at radius 2 is 1.70 bits per heavy atom. The lowest BCUT2D eigenvalue weighted by atomic mass is 9.96. The minimum atomic E-state index is -0.645. The maximum atomic E-state index is 13.6. The third-order valence-corrected chi connectivity index (χ3v) is 7.49. The standard InChI is InChI=1S/C31H27N3O5S/c1-19-9-7-8-12-24(19)33-26(35)18-39-23-15-13-21(14-16-23)17-25-29(36)34-28(22-10-5-4-6-11-22)27(30(37)38-3)20(2)32-31(34)40-25/h4-17,28H,18H2,1-3H3,(H,33,35). The number of allylic oxidation sites excluding steroid dienone is 1. The summed E-state index contributed by atoms with van der Waals surface area (Å²) >= 11 is 1.26. The fraction of sp³-hybridized carbons (Fsp3) is 0.161. The molecule has 3 aromatic carbocycles. The fourth-order valence-corrected chi connectivity index (χ4v) is 5.55. The average Bonchev–Trinajstić information content (AvgIpc) is 3.27. The molecule has 0 radical (unpaired) electrons. The number of aryl methyl sites for hydroxylation is 1. The van der Waals surface area contributed by atoms with Gasteiger partial charge in [-0.05, 0) is 54.8 Å². The minimum Gasteiger partial charge on any atom is -0.484 e. The number of amides is 1. The molecule has 8 nitrogen and oxygen atoms in total. The van der Waals surface area contributed by atoms with Crippen LogP contribution in [0.4, 0.5) is 5.69 Å². The van der Waals surface area contributed by atoms with Crippen molar-refractivity contribution in [2.45, 2.75) is 19.9 Å². The van der Waals surface area contributed by atoms with Crippen LogP contribution in [0, 0.1) is 6.92 Å². The zero-order valence-electron chi connectivity index (χ0n) is 22.2. The molecule has 0 saturated heterocycles. The first-order chi connectivity index (χ1) is 19.4. The fourth-order valence-electron chi connectivity index (χ4n) is 4.50. The van der Waals surface area contributed by atoms with E-state index >= 15 is 0 Å². The highest BCUT2D eigenvalue weighted by Gasteiger charge is 2.32. The van der Waals surface area contributed by atoms with Crippen LogP contribution in [0.1, 0.15) is 29.7 Å². The molecule has 0 saturated carbocycles. The van der Waals surface area contributed by atoms with Crippen molar-refractivity contribution in [1.29, 1.82) is 0 Å². The van der Waals surface area contributed by atoms with Gasteiger partial charge in [0.05, 0.1) is 29.0 Å². The van der Waals surface area contributed by atoms with E-state index in [0.717, 1.165) is 22.4 Å². The second-order valence-corrected chi connectivity index (χ2v) is 10.2. The number of carbonyl (C=O) groups is 2. The van der Waals surface area contributed by atoms with E-state index in [4.69, 9.17) is 9.47 Å². The normalized spacial score (nSPS) is 14.8. The summed E-state index contributed by atoms with van der Waals surface area (Å²) in [4.78, 5) is 43.7. The van der Waals surface area contributed by atoms with E-state index in [1.807, 2.05) is 73.7 Å². The molecule has 4 aromatic rings. The number of ether oxygens (including phenoxy) is 2. The van der Waals surface area contributed by atoms with Gasteiger partial charge in [0.1, 0.15) is 5.75 Å². The summed E-state index contributed by atoms with van der Waals surface area (Å²) in [6, 6.07) is 23.4. The molecule has 9 heteroatoms. The molecule has 0 spiro atoms. The van der Waals surface area contributed by atoms with Crippen LogP contribution in [0.2, 0.25) is 0 Å². The van der Waals surface area contributed by atoms with Crippen LogP contribution in [0.15, 0.2) is 99.9 Å². The highest BCUT2D eigenvalue weighted by molar-refractivity contribution is 7.07. The number of nitrogens with one attached hydrogen (secondary N) is 1. The first-order valence-electron chi connectivity index (χ1n) is 12.6. The predicted molar refractivity (Wildman–Crippen MR) is 154 cm³/mol. The lowest BCUT2D eigenvalue weighted by Gasteiger charge is -2.24. The summed E-state index contributed by atoms with van der Waals surface area (Å²) in [6.45, 7) is 3.54. The molecular formula is C31H27N3O5S. The number of carbonyl (C=O) groups excluding carboxylic acids is 2. The number of thiazole rings is 1. The highest BCUT2D eigenvalue weighted by Crippen LogP contribution is 2.30. The molecule has 0 bridgehead atoms. The Balaban J connectivity index is 1.39. The van der Waals surface area contributed by atoms with Crippen molar-refractivity contribution in [3.63, 3.8) is 0 Å². The van der Waals surface area contributed by atoms with Gasteiger partial charge >= 0.3 is 5.97 Å². The Hall–Kier alpha value is -4.76. The van der Waals surface area contributed by atoms with Crippen molar-refractivity contribution < 1.29 is 19.1 Å². The molecule has 202 valence electrons. The molecule has 1 aliphatic heterocycles. The first-order valence-corrected chi connectivity index (χ1v) is 13.4. The van der Waals surface area contributed by atoms with Gasteiger partial charge in [-0.15, -0.1) is 0 Å². The van der Waals surface area contributed by atoms with Gasteiger partial charge < -0.3 is 14.8 Å². The number of hydrogen-bond acceptors (Lipinski definition) is 7. The van der Waals surface area contributed by atoms with E-state index in [1.165, 1.54) is 18.4 Å². The number of nitrogens with zero attached hydrogens (tertiary/aromatic N) is 2. The summed E-state index contributed by atoms with van der Waals surface area (Å²) in [5, 5.41) is 2.84. The van der Waals surface area contributed by atoms with Crippen molar-refractivity contribution in [3.8, 4) is 5.75 Å². The quantitative estimate of drug-likeness (QED) is 0.352. The second-order valence-electron chi connectivity index (χ2n) is 9.20. The Kier molecular flexibility index (Phi) is 7.75. The van der Waals surface area contributed by atoms with Gasteiger partial charge in [0.15, 0.2) is 11.4 Å². The van der Waals surface area contributed by atoms with Gasteiger partial charge in [-0.2, -0.15) is 0 Å². The lowest BCUT2D eigenvalue weighted by molar-refractivity contribution is -0.136. The first kappa shape index (κ1) is 26.8. The van der Waals surface area contributed by atoms with Gasteiger partial charge in [0.2, 0.25) is 0 Å². The van der Waals surface area contributed by atoms with Crippen LogP contribution in [0.25, 0.3) is 6.08 Å². The van der Waals surface area contributed by atoms with Crippen LogP contribution in [0.5, 0.6) is 5.75 Å². The van der Waals surface area contributed by atoms with Crippen LogP contribution in [-0.4, -0.2) is 30.2 Å². The summed E-state index contributed by atoms with van der Waals surface area (Å²) in [5.41, 5.74) is 3.88. The third-order valence-electron chi connectivity index (χ3n) is 6.51. The lowest BCUT2D eigenvalue weighted by Crippen LogP contribution is -2.39. The second kappa shape index (κ2) is 11.5. The zero-order chi connectivity index (χ0) is 28.2. The molecule has 1 amide bonds. The van der Waals surface area contributed by atoms with E-state index in [-0.39, 0.29) is 18.1 Å². The van der Waals surface area contributed by atoms with Gasteiger partial charge in [-0.25, -0.2) is 9.79 Å². The van der Waals surface area contributed by atoms with Crippen molar-refractivity contribution >= 4 is 35.0 Å². The van der Waals surface area contributed by atoms with Gasteiger partial charge in [0.25, 0.3) is 11.5 Å². The van der Waals surface area contributed by atoms with Crippen molar-refractivity contribution in [1.82, 2.24) is 4.57 Å². The summed E-state index contributed by atoms with van der Waals surface area (Å²) in [5.74, 6) is -0.248. The van der Waals surface area contributed by atoms with E-state index < -0.39 is 12.0 Å². The maximum Gasteiger partial charge on any atom is 0.338 e. The number of benzene rings is 3. The molecule has 0 aliphatic carbocycles. The number of aromatic nitrogens is 1. The molecule has 1 atom stereocenters. The molecule has 2 heterocycles. The SMILES string of the molecule is COC(=O)C1=C(C)N=c2sc(=Cc3ccc(OCC(=O)Nc4ccccc4C)cc3)c(=O)n2C1c1ccccc1. The van der Waals surface area contributed by atoms with Crippen LogP contribution >= 0.6 is 11.3 Å².